The number of nitrogens with one attached hydrogen (secondary N) is 4. The number of urea groups is 1. The highest BCUT2D eigenvalue weighted by molar-refractivity contribution is 7.86. The molecular weight excluding hydrogens is 741 g/mol. The molecular formula is C37H30N4O11S2. The SMILES string of the molecule is Cc1ccc(NC(=O)Nc2ccc(C)c(C(=O)Nc3c(O)c(S(=O)(=O)O)cc4ccccc34)c2)cc1C(=O)Nc1c(O)c(S(=O)(=O)O)cc2ccccc12. The second-order valence-corrected chi connectivity index (χ2v) is 14.9. The molecule has 0 atom stereocenters. The lowest BCUT2D eigenvalue weighted by Gasteiger charge is -2.16. The van der Waals surface area contributed by atoms with Crippen LogP contribution < -0.4 is 21.3 Å². The van der Waals surface area contributed by atoms with E-state index in [-0.39, 0.29) is 33.9 Å². The molecule has 0 unspecified atom stereocenters. The standard InChI is InChI=1S/C37H30N4O11S2/c1-19-11-13-23(17-27(19)35(44)40-31-25-9-5-3-7-21(25)15-29(33(31)42)53(47,48)49)38-37(46)39-24-14-12-20(2)28(18-24)36(45)41-32-26-10-6-4-8-22(26)16-30(34(32)43)54(50,51)52/h3-18,42-43H,1-2H3,(H,40,44)(H,41,45)(H2,38,39,46)(H,47,48,49)(H,50,51,52). The smallest absolute Gasteiger partial charge is 0.323 e. The van der Waals surface area contributed by atoms with Crippen molar-refractivity contribution in [2.75, 3.05) is 21.3 Å². The summed E-state index contributed by atoms with van der Waals surface area (Å²) >= 11 is 0. The maximum atomic E-state index is 13.5. The van der Waals surface area contributed by atoms with Crippen LogP contribution in [0, 0.1) is 13.8 Å². The molecule has 0 saturated carbocycles. The summed E-state index contributed by atoms with van der Waals surface area (Å²) in [5, 5.41) is 33.0. The number of aryl methyl sites for hydroxylation is 2. The zero-order valence-electron chi connectivity index (χ0n) is 28.2. The van der Waals surface area contributed by atoms with E-state index in [9.17, 15) is 50.5 Å². The normalized spacial score (nSPS) is 11.6. The first-order chi connectivity index (χ1) is 25.4. The van der Waals surface area contributed by atoms with E-state index < -0.39 is 59.4 Å². The molecule has 17 heteroatoms. The Hall–Kier alpha value is -6.53. The molecule has 0 heterocycles. The van der Waals surface area contributed by atoms with Crippen molar-refractivity contribution in [2.24, 2.45) is 0 Å². The second kappa shape index (κ2) is 14.1. The van der Waals surface area contributed by atoms with E-state index in [2.05, 4.69) is 21.3 Å². The van der Waals surface area contributed by atoms with Crippen LogP contribution in [0.2, 0.25) is 0 Å². The van der Waals surface area contributed by atoms with Crippen LogP contribution in [0.25, 0.3) is 21.5 Å². The fourth-order valence-corrected chi connectivity index (χ4v) is 7.06. The third-order valence-corrected chi connectivity index (χ3v) is 10.2. The van der Waals surface area contributed by atoms with Gasteiger partial charge in [0.1, 0.15) is 9.79 Å². The molecule has 0 saturated heterocycles. The summed E-state index contributed by atoms with van der Waals surface area (Å²) in [5.41, 5.74) is 0.843. The number of phenols is 2. The predicted octanol–water partition coefficient (Wildman–Crippen LogP) is 6.66. The molecule has 6 aromatic rings. The first kappa shape index (κ1) is 37.2. The van der Waals surface area contributed by atoms with Crippen LogP contribution in [0.5, 0.6) is 11.5 Å². The Kier molecular flexibility index (Phi) is 9.74. The number of hydrogen-bond donors (Lipinski definition) is 8. The third kappa shape index (κ3) is 7.50. The van der Waals surface area contributed by atoms with Crippen molar-refractivity contribution in [3.8, 4) is 11.5 Å². The summed E-state index contributed by atoms with van der Waals surface area (Å²) in [7, 11) is -9.72. The number of carbonyl (C=O) groups excluding carboxylic acids is 3. The maximum absolute atomic E-state index is 13.5. The van der Waals surface area contributed by atoms with Crippen molar-refractivity contribution in [2.45, 2.75) is 23.6 Å². The largest absolute Gasteiger partial charge is 0.504 e. The highest BCUT2D eigenvalue weighted by Crippen LogP contribution is 2.40. The summed E-state index contributed by atoms with van der Waals surface area (Å²) in [6.07, 6.45) is 0. The Morgan fingerprint density at radius 3 is 1.26 bits per heavy atom. The molecule has 0 aliphatic heterocycles. The Balaban J connectivity index is 1.22. The van der Waals surface area contributed by atoms with Crippen molar-refractivity contribution >= 4 is 82.4 Å². The van der Waals surface area contributed by atoms with Crippen LogP contribution in [-0.2, 0) is 20.2 Å². The molecule has 15 nitrogen and oxygen atoms in total. The predicted molar refractivity (Wildman–Crippen MR) is 202 cm³/mol. The van der Waals surface area contributed by atoms with Crippen LogP contribution >= 0.6 is 0 Å². The number of phenolic OH excluding ortho intramolecular Hbond substituents is 2. The Bertz CT molecular complexity index is 2600. The topological polar surface area (TPSA) is 249 Å². The highest BCUT2D eigenvalue weighted by atomic mass is 32.2. The van der Waals surface area contributed by atoms with E-state index in [0.717, 1.165) is 12.1 Å². The molecule has 0 aliphatic carbocycles. The molecule has 4 amide bonds. The number of aromatic hydroxyl groups is 2. The summed E-state index contributed by atoms with van der Waals surface area (Å²) < 4.78 is 67.2. The van der Waals surface area contributed by atoms with Gasteiger partial charge in [-0.2, -0.15) is 16.8 Å². The first-order valence-electron chi connectivity index (χ1n) is 15.8. The van der Waals surface area contributed by atoms with Gasteiger partial charge in [-0.1, -0.05) is 60.7 Å². The Labute approximate surface area is 307 Å². The number of rotatable bonds is 8. The minimum Gasteiger partial charge on any atom is -0.504 e. The van der Waals surface area contributed by atoms with Crippen molar-refractivity contribution in [3.05, 3.63) is 119 Å². The van der Waals surface area contributed by atoms with Crippen LogP contribution in [-0.4, -0.2) is 54.0 Å². The molecule has 54 heavy (non-hydrogen) atoms. The molecule has 0 aromatic heterocycles. The minimum atomic E-state index is -4.86. The molecule has 0 fully saturated rings. The van der Waals surface area contributed by atoms with Gasteiger partial charge in [-0.05, 0) is 72.1 Å². The van der Waals surface area contributed by atoms with Crippen molar-refractivity contribution < 1.29 is 50.5 Å². The number of hydrogen-bond acceptors (Lipinski definition) is 9. The van der Waals surface area contributed by atoms with Gasteiger partial charge in [0.25, 0.3) is 32.1 Å². The average Bonchev–Trinajstić information content (AvgIpc) is 3.11. The minimum absolute atomic E-state index is 0.0525. The van der Waals surface area contributed by atoms with Crippen molar-refractivity contribution in [3.63, 3.8) is 0 Å². The van der Waals surface area contributed by atoms with Gasteiger partial charge in [0.2, 0.25) is 0 Å². The van der Waals surface area contributed by atoms with Crippen LogP contribution in [0.4, 0.5) is 27.5 Å². The Morgan fingerprint density at radius 2 is 0.889 bits per heavy atom. The molecule has 6 rings (SSSR count). The summed E-state index contributed by atoms with van der Waals surface area (Å²) in [5.74, 6) is -3.25. The summed E-state index contributed by atoms with van der Waals surface area (Å²) in [4.78, 5) is 38.5. The van der Waals surface area contributed by atoms with Crippen molar-refractivity contribution in [1.29, 1.82) is 0 Å². The van der Waals surface area contributed by atoms with Crippen LogP contribution in [0.3, 0.4) is 0 Å². The maximum Gasteiger partial charge on any atom is 0.323 e. The van der Waals surface area contributed by atoms with Crippen LogP contribution in [0.1, 0.15) is 31.8 Å². The quantitative estimate of drug-likeness (QED) is 0.0600. The molecule has 8 N–H and O–H groups in total. The molecule has 0 aliphatic rings. The number of amides is 4. The Morgan fingerprint density at radius 1 is 0.519 bits per heavy atom. The number of carbonyl (C=O) groups is 3. The van der Waals surface area contributed by atoms with Crippen LogP contribution in [0.15, 0.2) is 107 Å². The fraction of sp³-hybridized carbons (Fsp3) is 0.0541. The van der Waals surface area contributed by atoms with E-state index >= 15 is 0 Å². The van der Waals surface area contributed by atoms with Gasteiger partial charge in [0.05, 0.1) is 11.4 Å². The number of fused-ring (bicyclic) bond motifs is 2. The fourth-order valence-electron chi connectivity index (χ4n) is 5.81. The van der Waals surface area contributed by atoms with Gasteiger partial charge in [-0.25, -0.2) is 4.79 Å². The van der Waals surface area contributed by atoms with E-state index in [0.29, 0.717) is 32.7 Å². The van der Waals surface area contributed by atoms with E-state index in [1.54, 1.807) is 62.4 Å². The van der Waals surface area contributed by atoms with E-state index in [4.69, 9.17) is 0 Å². The molecule has 6 aromatic carbocycles. The summed E-state index contributed by atoms with van der Waals surface area (Å²) in [6.45, 7) is 3.23. The van der Waals surface area contributed by atoms with Gasteiger partial charge < -0.3 is 31.5 Å². The van der Waals surface area contributed by atoms with Gasteiger partial charge in [0, 0.05) is 33.3 Å². The zero-order valence-corrected chi connectivity index (χ0v) is 29.8. The monoisotopic (exact) mass is 770 g/mol. The molecule has 0 spiro atoms. The average molecular weight is 771 g/mol. The van der Waals surface area contributed by atoms with Gasteiger partial charge >= 0.3 is 6.03 Å². The highest BCUT2D eigenvalue weighted by Gasteiger charge is 2.25. The molecule has 0 bridgehead atoms. The lowest BCUT2D eigenvalue weighted by Crippen LogP contribution is -2.21. The summed E-state index contributed by atoms with van der Waals surface area (Å²) in [6, 6.07) is 22.8. The van der Waals surface area contributed by atoms with Gasteiger partial charge in [-0.3, -0.25) is 18.7 Å². The van der Waals surface area contributed by atoms with Gasteiger partial charge in [0.15, 0.2) is 11.5 Å². The van der Waals surface area contributed by atoms with Gasteiger partial charge in [-0.15, -0.1) is 0 Å². The zero-order chi connectivity index (χ0) is 39.1. The van der Waals surface area contributed by atoms with E-state index in [1.807, 2.05) is 0 Å². The van der Waals surface area contributed by atoms with E-state index in [1.165, 1.54) is 36.4 Å². The second-order valence-electron chi connectivity index (χ2n) is 12.1. The first-order valence-corrected chi connectivity index (χ1v) is 18.7. The molecule has 0 radical (unpaired) electrons. The lowest BCUT2D eigenvalue weighted by atomic mass is 10.0. The number of anilines is 4. The van der Waals surface area contributed by atoms with Crippen molar-refractivity contribution in [1.82, 2.24) is 0 Å². The number of benzene rings is 6. The lowest BCUT2D eigenvalue weighted by molar-refractivity contribution is 0.101. The molecule has 276 valence electrons. The third-order valence-electron chi connectivity index (χ3n) is 8.49.